The van der Waals surface area contributed by atoms with Gasteiger partial charge < -0.3 is 19.0 Å². The van der Waals surface area contributed by atoms with Gasteiger partial charge in [-0.2, -0.15) is 0 Å². The number of fused-ring (bicyclic) bond motifs is 1. The quantitative estimate of drug-likeness (QED) is 0.455. The monoisotopic (exact) mass is 423 g/mol. The summed E-state index contributed by atoms with van der Waals surface area (Å²) < 4.78 is 12.7. The number of aromatic nitrogens is 5. The molecule has 0 unspecified atom stereocenters. The summed E-state index contributed by atoms with van der Waals surface area (Å²) in [6.07, 6.45) is 0. The first-order valence-electron chi connectivity index (χ1n) is 9.41. The molecule has 0 bridgehead atoms. The minimum Gasteiger partial charge on any atom is -0.493 e. The number of thioether (sulfide) groups is 1. The molecule has 4 aromatic rings. The van der Waals surface area contributed by atoms with Crippen molar-refractivity contribution in [3.63, 3.8) is 0 Å². The van der Waals surface area contributed by atoms with Gasteiger partial charge in [-0.3, -0.25) is 4.79 Å². The predicted molar refractivity (Wildman–Crippen MR) is 116 cm³/mol. The molecule has 30 heavy (non-hydrogen) atoms. The van der Waals surface area contributed by atoms with Crippen LogP contribution in [0.1, 0.15) is 12.7 Å². The molecule has 1 N–H and O–H groups in total. The number of methoxy groups -OCH3 is 2. The first kappa shape index (κ1) is 20.0. The van der Waals surface area contributed by atoms with Crippen molar-refractivity contribution in [2.24, 2.45) is 0 Å². The molecule has 2 aromatic heterocycles. The lowest BCUT2D eigenvalue weighted by Gasteiger charge is -2.11. The van der Waals surface area contributed by atoms with Crippen LogP contribution in [0.2, 0.25) is 0 Å². The third kappa shape index (κ3) is 3.76. The highest BCUT2D eigenvalue weighted by atomic mass is 32.2. The molecule has 0 amide bonds. The van der Waals surface area contributed by atoms with Gasteiger partial charge in [0.2, 0.25) is 0 Å². The average molecular weight is 423 g/mol. The van der Waals surface area contributed by atoms with Gasteiger partial charge in [-0.1, -0.05) is 23.9 Å². The SMILES string of the molecule is CCn1c(SCc2nc3ccccc3c(=O)[nH]2)nnc1-c1ccc(OC)c(OC)c1. The lowest BCUT2D eigenvalue weighted by molar-refractivity contribution is 0.355. The van der Waals surface area contributed by atoms with Crippen molar-refractivity contribution in [3.05, 3.63) is 58.6 Å². The molecule has 0 radical (unpaired) electrons. The highest BCUT2D eigenvalue weighted by Crippen LogP contribution is 2.33. The number of benzene rings is 2. The van der Waals surface area contributed by atoms with E-state index in [1.165, 1.54) is 11.8 Å². The summed E-state index contributed by atoms with van der Waals surface area (Å²) in [5.74, 6) is 3.10. The molecular formula is C21H21N5O3S. The second-order valence-corrected chi connectivity index (χ2v) is 7.38. The fourth-order valence-electron chi connectivity index (χ4n) is 3.21. The second-order valence-electron chi connectivity index (χ2n) is 6.44. The van der Waals surface area contributed by atoms with E-state index < -0.39 is 0 Å². The Labute approximate surface area is 177 Å². The van der Waals surface area contributed by atoms with Crippen LogP contribution in [0.25, 0.3) is 22.3 Å². The fourth-order valence-corrected chi connectivity index (χ4v) is 4.08. The third-order valence-electron chi connectivity index (χ3n) is 4.67. The fraction of sp³-hybridized carbons (Fsp3) is 0.238. The molecule has 2 heterocycles. The van der Waals surface area contributed by atoms with Crippen LogP contribution in [0.4, 0.5) is 0 Å². The van der Waals surface area contributed by atoms with E-state index in [4.69, 9.17) is 9.47 Å². The number of H-pyrrole nitrogens is 1. The van der Waals surface area contributed by atoms with E-state index in [1.54, 1.807) is 20.3 Å². The van der Waals surface area contributed by atoms with Crippen molar-refractivity contribution >= 4 is 22.7 Å². The average Bonchev–Trinajstić information content (AvgIpc) is 3.20. The topological polar surface area (TPSA) is 94.9 Å². The summed E-state index contributed by atoms with van der Waals surface area (Å²) in [6.45, 7) is 2.73. The molecule has 9 heteroatoms. The van der Waals surface area contributed by atoms with E-state index in [2.05, 4.69) is 20.2 Å². The number of ether oxygens (including phenoxy) is 2. The van der Waals surface area contributed by atoms with Crippen LogP contribution in [-0.2, 0) is 12.3 Å². The maximum Gasteiger partial charge on any atom is 0.258 e. The Bertz CT molecular complexity index is 1250. The van der Waals surface area contributed by atoms with Crippen molar-refractivity contribution in [2.75, 3.05) is 14.2 Å². The number of nitrogens with zero attached hydrogens (tertiary/aromatic N) is 4. The summed E-state index contributed by atoms with van der Waals surface area (Å²) in [5, 5.41) is 10.0. The van der Waals surface area contributed by atoms with Crippen molar-refractivity contribution in [2.45, 2.75) is 24.4 Å². The van der Waals surface area contributed by atoms with Gasteiger partial charge in [0.1, 0.15) is 5.82 Å². The Kier molecular flexibility index (Phi) is 5.71. The molecule has 0 aliphatic rings. The van der Waals surface area contributed by atoms with Crippen LogP contribution < -0.4 is 15.0 Å². The lowest BCUT2D eigenvalue weighted by Crippen LogP contribution is -2.11. The Morgan fingerprint density at radius 3 is 2.63 bits per heavy atom. The molecule has 154 valence electrons. The number of nitrogens with one attached hydrogen (secondary N) is 1. The number of rotatable bonds is 7. The smallest absolute Gasteiger partial charge is 0.258 e. The molecule has 2 aromatic carbocycles. The summed E-state index contributed by atoms with van der Waals surface area (Å²) in [6, 6.07) is 12.9. The molecule has 0 spiro atoms. The van der Waals surface area contributed by atoms with E-state index in [9.17, 15) is 4.79 Å². The summed E-state index contributed by atoms with van der Waals surface area (Å²) in [4.78, 5) is 19.7. The Morgan fingerprint density at radius 2 is 1.87 bits per heavy atom. The number of hydrogen-bond acceptors (Lipinski definition) is 7. The summed E-state index contributed by atoms with van der Waals surface area (Å²) in [7, 11) is 3.21. The van der Waals surface area contributed by atoms with Crippen LogP contribution in [0.5, 0.6) is 11.5 Å². The Hall–Kier alpha value is -3.33. The van der Waals surface area contributed by atoms with Gasteiger partial charge in [0.25, 0.3) is 5.56 Å². The highest BCUT2D eigenvalue weighted by molar-refractivity contribution is 7.98. The van der Waals surface area contributed by atoms with Crippen LogP contribution in [0.3, 0.4) is 0 Å². The molecule has 0 aliphatic carbocycles. The van der Waals surface area contributed by atoms with Gasteiger partial charge in [0.15, 0.2) is 22.5 Å². The zero-order valence-electron chi connectivity index (χ0n) is 16.9. The van der Waals surface area contributed by atoms with Crippen molar-refractivity contribution in [1.29, 1.82) is 0 Å². The van der Waals surface area contributed by atoms with E-state index in [-0.39, 0.29) is 5.56 Å². The third-order valence-corrected chi connectivity index (χ3v) is 5.65. The van der Waals surface area contributed by atoms with E-state index >= 15 is 0 Å². The number of para-hydroxylation sites is 1. The first-order chi connectivity index (χ1) is 14.6. The van der Waals surface area contributed by atoms with Gasteiger partial charge in [-0.05, 0) is 37.3 Å². The van der Waals surface area contributed by atoms with E-state index in [1.807, 2.05) is 47.9 Å². The molecule has 0 atom stereocenters. The van der Waals surface area contributed by atoms with Gasteiger partial charge in [-0.15, -0.1) is 10.2 Å². The molecule has 0 saturated carbocycles. The van der Waals surface area contributed by atoms with Gasteiger partial charge >= 0.3 is 0 Å². The minimum absolute atomic E-state index is 0.140. The molecule has 0 fully saturated rings. The van der Waals surface area contributed by atoms with Gasteiger partial charge in [0.05, 0.1) is 30.9 Å². The van der Waals surface area contributed by atoms with Crippen LogP contribution in [0.15, 0.2) is 52.4 Å². The minimum atomic E-state index is -0.140. The summed E-state index contributed by atoms with van der Waals surface area (Å²) in [5.41, 5.74) is 1.42. The van der Waals surface area contributed by atoms with E-state index in [0.29, 0.717) is 40.5 Å². The van der Waals surface area contributed by atoms with Crippen molar-refractivity contribution in [1.82, 2.24) is 24.7 Å². The zero-order valence-corrected chi connectivity index (χ0v) is 17.7. The van der Waals surface area contributed by atoms with Crippen LogP contribution in [-0.4, -0.2) is 39.0 Å². The number of aromatic amines is 1. The highest BCUT2D eigenvalue weighted by Gasteiger charge is 2.16. The van der Waals surface area contributed by atoms with Crippen molar-refractivity contribution < 1.29 is 9.47 Å². The molecular weight excluding hydrogens is 402 g/mol. The normalized spacial score (nSPS) is 11.0. The van der Waals surface area contributed by atoms with Crippen molar-refractivity contribution in [3.8, 4) is 22.9 Å². The van der Waals surface area contributed by atoms with Crippen LogP contribution >= 0.6 is 11.8 Å². The molecule has 0 saturated heterocycles. The van der Waals surface area contributed by atoms with Gasteiger partial charge in [-0.25, -0.2) is 4.98 Å². The lowest BCUT2D eigenvalue weighted by atomic mass is 10.2. The molecule has 8 nitrogen and oxygen atoms in total. The summed E-state index contributed by atoms with van der Waals surface area (Å²) >= 11 is 1.48. The second kappa shape index (κ2) is 8.58. The largest absolute Gasteiger partial charge is 0.493 e. The Morgan fingerprint density at radius 1 is 1.07 bits per heavy atom. The molecule has 4 rings (SSSR count). The molecule has 0 aliphatic heterocycles. The van der Waals surface area contributed by atoms with Gasteiger partial charge in [0, 0.05) is 12.1 Å². The van der Waals surface area contributed by atoms with E-state index in [0.717, 1.165) is 16.5 Å². The standard InChI is InChI=1S/C21H21N5O3S/c1-4-26-19(13-9-10-16(28-2)17(11-13)29-3)24-25-21(26)30-12-18-22-15-8-6-5-7-14(15)20(27)23-18/h5-11H,4,12H2,1-3H3,(H,22,23,27). The Balaban J connectivity index is 1.61. The first-order valence-corrected chi connectivity index (χ1v) is 10.4. The maximum absolute atomic E-state index is 12.3. The maximum atomic E-state index is 12.3. The zero-order chi connectivity index (χ0) is 21.1. The van der Waals surface area contributed by atoms with Crippen LogP contribution in [0, 0.1) is 0 Å². The number of hydrogen-bond donors (Lipinski definition) is 1. The predicted octanol–water partition coefficient (Wildman–Crippen LogP) is 3.51.